The van der Waals surface area contributed by atoms with E-state index in [9.17, 15) is 0 Å². The molecule has 0 saturated heterocycles. The van der Waals surface area contributed by atoms with Crippen LogP contribution in [0.3, 0.4) is 0 Å². The Morgan fingerprint density at radius 1 is 0.833 bits per heavy atom. The Morgan fingerprint density at radius 2 is 1.25 bits per heavy atom. The molecule has 0 nitrogen and oxygen atoms in total. The van der Waals surface area contributed by atoms with Gasteiger partial charge in [-0.25, -0.2) is 0 Å². The summed E-state index contributed by atoms with van der Waals surface area (Å²) < 4.78 is 0. The van der Waals surface area contributed by atoms with Crippen LogP contribution in [-0.4, -0.2) is 5.88 Å². The van der Waals surface area contributed by atoms with Gasteiger partial charge in [-0.05, 0) is 6.42 Å². The minimum Gasteiger partial charge on any atom is -0.127 e. The highest BCUT2D eigenvalue weighted by atomic mass is 35.5. The van der Waals surface area contributed by atoms with Crippen molar-refractivity contribution in [1.29, 1.82) is 0 Å². The fourth-order valence-corrected chi connectivity index (χ4v) is 1.59. The molecule has 12 heavy (non-hydrogen) atoms. The fraction of sp³-hybridized carbons (Fsp3) is 1.00. The lowest BCUT2D eigenvalue weighted by Gasteiger charge is -2.05. The summed E-state index contributed by atoms with van der Waals surface area (Å²) in [7, 11) is 0. The average Bonchev–Trinajstić information content (AvgIpc) is 2.18. The minimum atomic E-state index is 0.827. The van der Waals surface area contributed by atoms with E-state index in [1.807, 2.05) is 0 Å². The van der Waals surface area contributed by atoms with Crippen LogP contribution in [0.5, 0.6) is 0 Å². The van der Waals surface area contributed by atoms with Gasteiger partial charge in [-0.1, -0.05) is 58.3 Å². The van der Waals surface area contributed by atoms with Crippen molar-refractivity contribution in [2.45, 2.75) is 64.7 Å². The quantitative estimate of drug-likeness (QED) is 0.445. The molecule has 0 heterocycles. The first-order valence-corrected chi connectivity index (χ1v) is 6.01. The van der Waals surface area contributed by atoms with Gasteiger partial charge in [-0.2, -0.15) is 0 Å². The molecular weight excluding hydrogens is 168 g/mol. The number of unbranched alkanes of at least 4 members (excludes halogenated alkanes) is 2. The summed E-state index contributed by atoms with van der Waals surface area (Å²) in [5.74, 6) is 0.827. The van der Waals surface area contributed by atoms with E-state index in [2.05, 4.69) is 6.92 Å². The molecule has 0 aromatic carbocycles. The van der Waals surface area contributed by atoms with Crippen LogP contribution < -0.4 is 0 Å². The molecule has 0 spiro atoms. The molecule has 0 unspecified atom stereocenters. The summed E-state index contributed by atoms with van der Waals surface area (Å²) in [6, 6.07) is 0. The van der Waals surface area contributed by atoms with Crippen molar-refractivity contribution in [2.75, 3.05) is 5.88 Å². The Kier molecular flexibility index (Phi) is 11.6. The van der Waals surface area contributed by atoms with E-state index in [1.165, 1.54) is 57.8 Å². The molecule has 0 bridgehead atoms. The summed E-state index contributed by atoms with van der Waals surface area (Å²) >= 11 is 5.38. The summed E-state index contributed by atoms with van der Waals surface area (Å²) in [4.78, 5) is 0. The zero-order valence-electron chi connectivity index (χ0n) is 8.45. The first-order valence-electron chi connectivity index (χ1n) is 5.47. The molecule has 0 aromatic rings. The molecule has 0 aromatic heterocycles. The van der Waals surface area contributed by atoms with Gasteiger partial charge in [0.25, 0.3) is 0 Å². The van der Waals surface area contributed by atoms with E-state index in [0.29, 0.717) is 0 Å². The van der Waals surface area contributed by atoms with Crippen LogP contribution in [0.4, 0.5) is 0 Å². The zero-order valence-corrected chi connectivity index (χ0v) is 9.20. The molecule has 0 atom stereocenters. The third-order valence-electron chi connectivity index (χ3n) is 2.24. The van der Waals surface area contributed by atoms with Crippen molar-refractivity contribution >= 4 is 11.6 Å². The topological polar surface area (TPSA) is 0 Å². The van der Waals surface area contributed by atoms with Gasteiger partial charge in [0.1, 0.15) is 0 Å². The number of halogens is 1. The molecule has 1 rings (SSSR count). The largest absolute Gasteiger partial charge is 0.127 e. The number of alkyl halides is 1. The molecule has 1 aliphatic carbocycles. The third kappa shape index (κ3) is 10.3. The molecule has 1 aliphatic rings. The van der Waals surface area contributed by atoms with Crippen molar-refractivity contribution < 1.29 is 0 Å². The van der Waals surface area contributed by atoms with Gasteiger partial charge in [0.2, 0.25) is 0 Å². The van der Waals surface area contributed by atoms with Gasteiger partial charge in [0, 0.05) is 5.88 Å². The molecule has 74 valence electrons. The second-order valence-corrected chi connectivity index (χ2v) is 3.90. The van der Waals surface area contributed by atoms with Crippen LogP contribution >= 0.6 is 11.6 Å². The molecule has 1 heteroatoms. The molecule has 0 amide bonds. The Labute approximate surface area is 82.7 Å². The van der Waals surface area contributed by atoms with Gasteiger partial charge in [0.05, 0.1) is 0 Å². The smallest absolute Gasteiger partial charge is 0.0223 e. The van der Waals surface area contributed by atoms with Crippen LogP contribution in [0, 0.1) is 0 Å². The van der Waals surface area contributed by atoms with Gasteiger partial charge < -0.3 is 0 Å². The molecule has 1 saturated carbocycles. The van der Waals surface area contributed by atoms with E-state index in [1.54, 1.807) is 0 Å². The van der Waals surface area contributed by atoms with Gasteiger partial charge in [0.15, 0.2) is 0 Å². The first-order chi connectivity index (χ1) is 5.91. The number of hydrogen-bond acceptors (Lipinski definition) is 0. The van der Waals surface area contributed by atoms with Crippen LogP contribution in [0.1, 0.15) is 64.7 Å². The maximum atomic E-state index is 5.38. The number of rotatable bonds is 3. The fourth-order valence-electron chi connectivity index (χ4n) is 1.41. The second kappa shape index (κ2) is 11.3. The van der Waals surface area contributed by atoms with Crippen molar-refractivity contribution in [3.05, 3.63) is 0 Å². The Balaban J connectivity index is 0.000000202. The van der Waals surface area contributed by atoms with Crippen molar-refractivity contribution in [2.24, 2.45) is 0 Å². The summed E-state index contributed by atoms with van der Waals surface area (Å²) in [5.41, 5.74) is 0. The van der Waals surface area contributed by atoms with Crippen LogP contribution in [0.15, 0.2) is 0 Å². The lowest BCUT2D eigenvalue weighted by Crippen LogP contribution is -1.85. The SMILES string of the molecule is C1CCCCC1.CCCCCCl. The summed E-state index contributed by atoms with van der Waals surface area (Å²) in [5, 5.41) is 0. The monoisotopic (exact) mass is 190 g/mol. The third-order valence-corrected chi connectivity index (χ3v) is 2.50. The molecular formula is C11H23Cl. The Morgan fingerprint density at radius 3 is 1.42 bits per heavy atom. The van der Waals surface area contributed by atoms with Gasteiger partial charge in [-0.3, -0.25) is 0 Å². The van der Waals surface area contributed by atoms with E-state index in [-0.39, 0.29) is 0 Å². The standard InChI is InChI=1S/C6H12.C5H11Cl/c1-2-4-6-5-3-1;1-2-3-4-5-6/h1-6H2;2-5H2,1H3. The highest BCUT2D eigenvalue weighted by molar-refractivity contribution is 6.17. The van der Waals surface area contributed by atoms with Crippen molar-refractivity contribution in [1.82, 2.24) is 0 Å². The van der Waals surface area contributed by atoms with Crippen LogP contribution in [0.2, 0.25) is 0 Å². The molecule has 0 radical (unpaired) electrons. The zero-order chi connectivity index (χ0) is 9.07. The predicted octanol–water partition coefficient (Wildman–Crippen LogP) is 4.76. The molecule has 1 fully saturated rings. The lowest BCUT2D eigenvalue weighted by molar-refractivity contribution is 0.504. The second-order valence-electron chi connectivity index (χ2n) is 3.52. The van der Waals surface area contributed by atoms with Crippen LogP contribution in [0.25, 0.3) is 0 Å². The average molecular weight is 191 g/mol. The predicted molar refractivity (Wildman–Crippen MR) is 57.9 cm³/mol. The van der Waals surface area contributed by atoms with Gasteiger partial charge >= 0.3 is 0 Å². The Bertz CT molecular complexity index is 51.9. The molecule has 0 aliphatic heterocycles. The van der Waals surface area contributed by atoms with Crippen molar-refractivity contribution in [3.8, 4) is 0 Å². The van der Waals surface area contributed by atoms with Crippen LogP contribution in [-0.2, 0) is 0 Å². The molecule has 0 N–H and O–H groups in total. The van der Waals surface area contributed by atoms with Crippen molar-refractivity contribution in [3.63, 3.8) is 0 Å². The Hall–Kier alpha value is 0.290. The number of hydrogen-bond donors (Lipinski definition) is 0. The maximum absolute atomic E-state index is 5.38. The van der Waals surface area contributed by atoms with E-state index in [4.69, 9.17) is 11.6 Å². The summed E-state index contributed by atoms with van der Waals surface area (Å²) in [6.45, 7) is 2.17. The first kappa shape index (κ1) is 12.3. The summed E-state index contributed by atoms with van der Waals surface area (Å²) in [6.07, 6.45) is 12.7. The lowest BCUT2D eigenvalue weighted by atomic mass is 10.0. The highest BCUT2D eigenvalue weighted by Gasteiger charge is 1.95. The van der Waals surface area contributed by atoms with E-state index >= 15 is 0 Å². The van der Waals surface area contributed by atoms with E-state index in [0.717, 1.165) is 5.88 Å². The van der Waals surface area contributed by atoms with E-state index < -0.39 is 0 Å². The minimum absolute atomic E-state index is 0.827. The highest BCUT2D eigenvalue weighted by Crippen LogP contribution is 2.15. The maximum Gasteiger partial charge on any atom is 0.0223 e. The van der Waals surface area contributed by atoms with Gasteiger partial charge in [-0.15, -0.1) is 11.6 Å². The normalized spacial score (nSPS) is 16.5.